The average Bonchev–Trinajstić information content (AvgIpc) is 0.732. The van der Waals surface area contributed by atoms with Crippen LogP contribution in [0, 0.1) is 27.7 Å². The molecule has 9 heteroatoms. The van der Waals surface area contributed by atoms with Gasteiger partial charge in [0, 0.05) is 91.2 Å². The van der Waals surface area contributed by atoms with Crippen LogP contribution >= 0.6 is 0 Å². The van der Waals surface area contributed by atoms with Crippen LogP contribution in [0.3, 0.4) is 0 Å². The number of nitrogens with zero attached hydrogens (tertiary/aromatic N) is 9. The van der Waals surface area contributed by atoms with E-state index in [4.69, 9.17) is 19.9 Å². The second-order valence-electron chi connectivity index (χ2n) is 35.8. The van der Waals surface area contributed by atoms with Gasteiger partial charge in [-0.3, -0.25) is 19.6 Å². The van der Waals surface area contributed by atoms with E-state index < -0.39 is 0 Å². The highest BCUT2D eigenvalue weighted by atomic mass is 15.2. The fraction of sp³-hybridized carbons (Fsp3) is 0.0388. The van der Waals surface area contributed by atoms with Crippen LogP contribution in [-0.4, -0.2) is 19.9 Å². The Labute approximate surface area is 801 Å². The first kappa shape index (κ1) is 83.2. The molecule has 0 fully saturated rings. The normalized spacial score (nSPS) is 11.5. The molecule has 654 valence electrons. The summed E-state index contributed by atoms with van der Waals surface area (Å²) < 4.78 is 0. The number of fused-ring (bicyclic) bond motifs is 2. The Bertz CT molecular complexity index is 8320. The molecule has 22 aromatic carbocycles. The molecule has 4 aromatic heterocycles. The molecular weight excluding hydrogens is 1680 g/mol. The highest BCUT2D eigenvalue weighted by Gasteiger charge is 2.30. The minimum Gasteiger partial charge on any atom is -0.310 e. The Morgan fingerprint density at radius 1 is 0.181 bits per heavy atom. The van der Waals surface area contributed by atoms with E-state index in [1.54, 1.807) is 0 Å². The van der Waals surface area contributed by atoms with E-state index in [1.165, 1.54) is 152 Å². The zero-order valence-corrected chi connectivity index (χ0v) is 76.8. The van der Waals surface area contributed by atoms with Crippen LogP contribution in [0.5, 0.6) is 0 Å². The van der Waals surface area contributed by atoms with E-state index in [-0.39, 0.29) is 5.92 Å². The van der Waals surface area contributed by atoms with Gasteiger partial charge in [-0.15, -0.1) is 0 Å². The summed E-state index contributed by atoms with van der Waals surface area (Å²) >= 11 is 0. The summed E-state index contributed by atoms with van der Waals surface area (Å²) in [7, 11) is 0. The van der Waals surface area contributed by atoms with E-state index >= 15 is 0 Å². The molecule has 0 aliphatic carbocycles. The van der Waals surface area contributed by atoms with E-state index in [0.717, 1.165) is 91.3 Å². The number of anilines is 15. The van der Waals surface area contributed by atoms with Gasteiger partial charge in [-0.25, -0.2) is 19.9 Å². The minimum absolute atomic E-state index is 0.140. The SMILES string of the molecule is Cc1cc(N(c2ccccn2)c2cccc3ccccc23)c2ccc3c(C)cc(N(c4ccccn4)c4cccc5ccccc45)c4ccc1c2c34.Cc1ccc(N(c2ccccc2)c2ccc3ccc4c(N(c5ccccc5)c5ccc(C)cn5)ccc5ccc2c3c54)nc1.c1ccc(C(c2ccccc2)c2ccc3ccc4c(N(c5ccccc5)c5ccccc5)ccc5ccc2c3c54)cc1. The molecular formula is C129H93N9. The smallest absolute Gasteiger partial charge is 0.137 e. The van der Waals surface area contributed by atoms with Crippen molar-refractivity contribution in [3.63, 3.8) is 0 Å². The van der Waals surface area contributed by atoms with Gasteiger partial charge >= 0.3 is 0 Å². The standard InChI is InChI=1S/C48H34N4.C41H29N.C40H30N4/c1-31-29-43(51(45-21-7-9-27-49-45)41-19-11-15-33-13-3-5-17-37(33)41)39-26-24-36-32(2)30-44(40-25-23-35(31)47(39)48(36)40)52(46-22-8-10-28-50-46)42-20-12-16-34-14-4-6-18-38(34)42;1-5-13-29(14-6-1)39(30-15-7-2-8-16-30)35-25-21-31-23-27-37-38(28-24-32-22-26-36(35)40(31)41(32)37)42(33-17-9-3-10-18-33)34-19-11-4-12-20-34;1-27-13-23-37(41-25-27)43(31-9-5-3-6-10-31)35-21-17-29-16-20-34-36(22-18-30-15-19-33(35)39(29)40(30)34)44(32-11-7-4-8-12-32)38-24-14-28(2)26-42-38/h3-30H,1-2H3;1-28,39H;3-26H,1-2H3. The number of hydrogen-bond acceptors (Lipinski definition) is 9. The number of para-hydroxylation sites is 4. The predicted octanol–water partition coefficient (Wildman–Crippen LogP) is 35.4. The fourth-order valence-electron chi connectivity index (χ4n) is 21.2. The van der Waals surface area contributed by atoms with Crippen molar-refractivity contribution in [2.45, 2.75) is 33.6 Å². The van der Waals surface area contributed by atoms with E-state index in [1.807, 2.05) is 36.9 Å². The Morgan fingerprint density at radius 2 is 0.478 bits per heavy atom. The second-order valence-corrected chi connectivity index (χ2v) is 35.8. The molecule has 138 heavy (non-hydrogen) atoms. The summed E-state index contributed by atoms with van der Waals surface area (Å²) in [6.45, 7) is 8.61. The van der Waals surface area contributed by atoms with Crippen LogP contribution in [0.4, 0.5) is 85.8 Å². The lowest BCUT2D eigenvalue weighted by Crippen LogP contribution is -2.14. The van der Waals surface area contributed by atoms with Gasteiger partial charge in [-0.2, -0.15) is 0 Å². The highest BCUT2D eigenvalue weighted by Crippen LogP contribution is 2.54. The molecule has 0 unspecified atom stereocenters. The van der Waals surface area contributed by atoms with Crippen molar-refractivity contribution in [3.8, 4) is 0 Å². The van der Waals surface area contributed by atoms with Crippen LogP contribution < -0.4 is 24.5 Å². The Morgan fingerprint density at radius 3 is 0.862 bits per heavy atom. The van der Waals surface area contributed by atoms with Gasteiger partial charge in [-0.1, -0.05) is 334 Å². The number of rotatable bonds is 18. The molecule has 0 N–H and O–H groups in total. The summed E-state index contributed by atoms with van der Waals surface area (Å²) in [4.78, 5) is 31.2. The number of pyridine rings is 4. The summed E-state index contributed by atoms with van der Waals surface area (Å²) in [5.41, 5.74) is 20.9. The highest BCUT2D eigenvalue weighted by molar-refractivity contribution is 6.32. The lowest BCUT2D eigenvalue weighted by atomic mass is 9.81. The summed E-state index contributed by atoms with van der Waals surface area (Å²) in [5.74, 6) is 3.67. The zero-order valence-electron chi connectivity index (χ0n) is 76.8. The summed E-state index contributed by atoms with van der Waals surface area (Å²) in [6, 6.07) is 166. The van der Waals surface area contributed by atoms with Crippen molar-refractivity contribution in [2.75, 3.05) is 24.5 Å². The Balaban J connectivity index is 0.000000113. The molecule has 0 spiro atoms. The van der Waals surface area contributed by atoms with Crippen LogP contribution in [0.15, 0.2) is 486 Å². The van der Waals surface area contributed by atoms with Crippen molar-refractivity contribution in [1.29, 1.82) is 0 Å². The average molecular weight is 1770 g/mol. The zero-order chi connectivity index (χ0) is 92.3. The van der Waals surface area contributed by atoms with Gasteiger partial charge in [-0.05, 0) is 275 Å². The topological polar surface area (TPSA) is 67.8 Å². The van der Waals surface area contributed by atoms with Crippen LogP contribution in [0.2, 0.25) is 0 Å². The monoisotopic (exact) mass is 1770 g/mol. The minimum atomic E-state index is 0.140. The molecule has 4 heterocycles. The number of aryl methyl sites for hydroxylation is 4. The third-order valence-electron chi connectivity index (χ3n) is 27.4. The van der Waals surface area contributed by atoms with Gasteiger partial charge in [0.1, 0.15) is 23.3 Å². The first-order chi connectivity index (χ1) is 68.2. The van der Waals surface area contributed by atoms with Gasteiger partial charge in [0.25, 0.3) is 0 Å². The maximum Gasteiger partial charge on any atom is 0.137 e. The molecule has 0 aliphatic heterocycles. The Kier molecular flexibility index (Phi) is 21.4. The van der Waals surface area contributed by atoms with Crippen molar-refractivity contribution >= 4 is 204 Å². The van der Waals surface area contributed by atoms with Gasteiger partial charge in [0.05, 0.1) is 39.8 Å². The molecule has 0 atom stereocenters. The molecule has 26 rings (SSSR count). The lowest BCUT2D eigenvalue weighted by Gasteiger charge is -2.30. The summed E-state index contributed by atoms with van der Waals surface area (Å²) in [6.07, 6.45) is 7.63. The molecule has 26 aromatic rings. The van der Waals surface area contributed by atoms with E-state index in [0.29, 0.717) is 0 Å². The molecule has 0 amide bonds. The van der Waals surface area contributed by atoms with Crippen molar-refractivity contribution in [2.24, 2.45) is 0 Å². The Hall–Kier alpha value is -17.9. The van der Waals surface area contributed by atoms with Gasteiger partial charge in [0.2, 0.25) is 0 Å². The number of benzene rings is 22. The van der Waals surface area contributed by atoms with Crippen molar-refractivity contribution < 1.29 is 0 Å². The third kappa shape index (κ3) is 14.9. The number of aromatic nitrogens is 4. The number of hydrogen-bond donors (Lipinski definition) is 0. The van der Waals surface area contributed by atoms with Crippen LogP contribution in [0.1, 0.15) is 44.9 Å². The van der Waals surface area contributed by atoms with Crippen LogP contribution in [-0.2, 0) is 0 Å². The van der Waals surface area contributed by atoms with Crippen molar-refractivity contribution in [1.82, 2.24) is 19.9 Å². The van der Waals surface area contributed by atoms with Crippen molar-refractivity contribution in [3.05, 3.63) is 525 Å². The van der Waals surface area contributed by atoms with Gasteiger partial charge in [0.15, 0.2) is 0 Å². The van der Waals surface area contributed by atoms with Crippen LogP contribution in [0.25, 0.3) is 118 Å². The maximum atomic E-state index is 4.93. The maximum absolute atomic E-state index is 4.93. The third-order valence-corrected chi connectivity index (χ3v) is 27.4. The van der Waals surface area contributed by atoms with E-state index in [9.17, 15) is 0 Å². The molecule has 0 saturated carbocycles. The second kappa shape index (κ2) is 35.6. The quantitative estimate of drug-likeness (QED) is 0.0617. The molecule has 9 nitrogen and oxygen atoms in total. The fourth-order valence-corrected chi connectivity index (χ4v) is 21.2. The predicted molar refractivity (Wildman–Crippen MR) is 583 cm³/mol. The first-order valence-electron chi connectivity index (χ1n) is 47.2. The lowest BCUT2D eigenvalue weighted by molar-refractivity contribution is 0.990. The molecule has 0 radical (unpaired) electrons. The summed E-state index contributed by atoms with van der Waals surface area (Å²) in [5, 5.41) is 27.2. The van der Waals surface area contributed by atoms with E-state index in [2.05, 4.69) is 501 Å². The van der Waals surface area contributed by atoms with Gasteiger partial charge < -0.3 is 4.90 Å². The molecule has 0 bridgehead atoms. The molecule has 0 aliphatic rings. The first-order valence-corrected chi connectivity index (χ1v) is 47.2. The molecule has 0 saturated heterocycles. The largest absolute Gasteiger partial charge is 0.310 e.